The van der Waals surface area contributed by atoms with Crippen LogP contribution in [0.25, 0.3) is 0 Å². The summed E-state index contributed by atoms with van der Waals surface area (Å²) in [6.45, 7) is 4.80. The van der Waals surface area contributed by atoms with E-state index >= 15 is 0 Å². The molecule has 0 aliphatic carbocycles. The van der Waals surface area contributed by atoms with E-state index in [1.54, 1.807) is 12.1 Å². The number of hydrogen-bond donors (Lipinski definition) is 0. The Morgan fingerprint density at radius 2 is 1.97 bits per heavy atom. The van der Waals surface area contributed by atoms with Crippen molar-refractivity contribution in [1.29, 1.82) is 5.26 Å². The Hall–Kier alpha value is -2.98. The molecular weight excluding hydrogens is 378 g/mol. The average Bonchev–Trinajstić information content (AvgIpc) is 3.29. The fourth-order valence-corrected chi connectivity index (χ4v) is 5.21. The number of rotatable bonds is 3. The van der Waals surface area contributed by atoms with Crippen LogP contribution in [0.2, 0.25) is 0 Å². The lowest BCUT2D eigenvalue weighted by Crippen LogP contribution is -2.49. The van der Waals surface area contributed by atoms with E-state index < -0.39 is 0 Å². The number of hydrogen-bond acceptors (Lipinski definition) is 5. The third kappa shape index (κ3) is 3.41. The number of carbonyl (C=O) groups excluding carboxylic acids is 1. The topological polar surface area (TPSA) is 82.2 Å². The second-order valence-electron chi connectivity index (χ2n) is 8.74. The summed E-state index contributed by atoms with van der Waals surface area (Å²) < 4.78 is 1.96. The molecule has 0 radical (unpaired) electrons. The summed E-state index contributed by atoms with van der Waals surface area (Å²) in [7, 11) is 0. The first-order valence-corrected chi connectivity index (χ1v) is 10.7. The quantitative estimate of drug-likeness (QED) is 0.783. The van der Waals surface area contributed by atoms with E-state index in [1.165, 1.54) is 19.0 Å². The lowest BCUT2D eigenvalue weighted by atomic mass is 9.83. The molecule has 0 spiro atoms. The number of fused-ring (bicyclic) bond motifs is 4. The van der Waals surface area contributed by atoms with Crippen LogP contribution in [0, 0.1) is 17.2 Å². The van der Waals surface area contributed by atoms with Gasteiger partial charge in [-0.05, 0) is 56.5 Å². The molecule has 2 fully saturated rings. The van der Waals surface area contributed by atoms with Gasteiger partial charge in [0.05, 0.1) is 5.56 Å². The Morgan fingerprint density at radius 3 is 2.70 bits per heavy atom. The predicted octanol–water partition coefficient (Wildman–Crippen LogP) is 1.97. The lowest BCUT2D eigenvalue weighted by molar-refractivity contribution is 0.0588. The predicted molar refractivity (Wildman–Crippen MR) is 111 cm³/mol. The van der Waals surface area contributed by atoms with E-state index in [0.29, 0.717) is 30.9 Å². The van der Waals surface area contributed by atoms with Crippen LogP contribution in [-0.2, 0) is 13.1 Å². The molecule has 0 aromatic carbocycles. The highest BCUT2D eigenvalue weighted by molar-refractivity contribution is 5.92. The van der Waals surface area contributed by atoms with E-state index in [4.69, 9.17) is 5.26 Å². The first-order chi connectivity index (χ1) is 14.6. The van der Waals surface area contributed by atoms with Crippen LogP contribution in [0.3, 0.4) is 0 Å². The van der Waals surface area contributed by atoms with Gasteiger partial charge in [-0.25, -0.2) is 4.98 Å². The highest BCUT2D eigenvalue weighted by atomic mass is 16.2. The summed E-state index contributed by atoms with van der Waals surface area (Å²) in [5.41, 5.74) is 2.89. The number of amides is 1. The molecule has 2 bridgehead atoms. The maximum atomic E-state index is 13.1. The summed E-state index contributed by atoms with van der Waals surface area (Å²) in [4.78, 5) is 34.5. The molecule has 2 aromatic rings. The summed E-state index contributed by atoms with van der Waals surface area (Å²) in [5, 5.41) is 8.92. The van der Waals surface area contributed by atoms with Crippen LogP contribution in [0.4, 0.5) is 0 Å². The second kappa shape index (κ2) is 7.69. The zero-order valence-corrected chi connectivity index (χ0v) is 17.0. The number of pyridine rings is 2. The van der Waals surface area contributed by atoms with Crippen LogP contribution in [0.15, 0.2) is 35.3 Å². The summed E-state index contributed by atoms with van der Waals surface area (Å²) in [6.07, 6.45) is 4.88. The molecule has 2 aromatic heterocycles. The zero-order chi connectivity index (χ0) is 20.7. The molecule has 3 aliphatic heterocycles. The van der Waals surface area contributed by atoms with Gasteiger partial charge in [-0.15, -0.1) is 0 Å². The highest BCUT2D eigenvalue weighted by Crippen LogP contribution is 2.35. The highest BCUT2D eigenvalue weighted by Gasteiger charge is 2.37. The minimum atomic E-state index is -0.101. The number of nitriles is 1. The lowest BCUT2D eigenvalue weighted by Gasteiger charge is -2.42. The van der Waals surface area contributed by atoms with Gasteiger partial charge in [-0.2, -0.15) is 5.26 Å². The molecule has 154 valence electrons. The van der Waals surface area contributed by atoms with Crippen molar-refractivity contribution in [3.63, 3.8) is 0 Å². The molecule has 5 rings (SSSR count). The molecule has 30 heavy (non-hydrogen) atoms. The molecule has 0 unspecified atom stereocenters. The van der Waals surface area contributed by atoms with Gasteiger partial charge in [0.1, 0.15) is 11.8 Å². The van der Waals surface area contributed by atoms with Crippen molar-refractivity contribution < 1.29 is 4.79 Å². The number of piperidine rings is 1. The Balaban J connectivity index is 1.36. The smallest absolute Gasteiger partial charge is 0.272 e. The first-order valence-electron chi connectivity index (χ1n) is 10.7. The Morgan fingerprint density at radius 1 is 1.13 bits per heavy atom. The van der Waals surface area contributed by atoms with E-state index in [-0.39, 0.29) is 23.3 Å². The SMILES string of the molecule is N#Cc1ccc(C(=O)N2C[C@@H]3C[C@H](C2)c2ccc(CN4CCCC4)c(=O)n2C3)nc1. The molecule has 7 nitrogen and oxygen atoms in total. The largest absolute Gasteiger partial charge is 0.336 e. The van der Waals surface area contributed by atoms with Gasteiger partial charge in [-0.1, -0.05) is 6.07 Å². The number of nitrogens with zero attached hydrogens (tertiary/aromatic N) is 5. The Labute approximate surface area is 175 Å². The molecule has 3 aliphatic rings. The van der Waals surface area contributed by atoms with Crippen LogP contribution >= 0.6 is 0 Å². The number of carbonyl (C=O) groups is 1. The molecule has 5 heterocycles. The molecule has 2 atom stereocenters. The van der Waals surface area contributed by atoms with Gasteiger partial charge >= 0.3 is 0 Å². The van der Waals surface area contributed by atoms with E-state index in [9.17, 15) is 9.59 Å². The van der Waals surface area contributed by atoms with Crippen LogP contribution in [0.1, 0.15) is 52.5 Å². The van der Waals surface area contributed by atoms with Gasteiger partial charge in [-0.3, -0.25) is 14.5 Å². The van der Waals surface area contributed by atoms with Gasteiger partial charge in [0, 0.05) is 49.6 Å². The van der Waals surface area contributed by atoms with Crippen molar-refractivity contribution in [2.24, 2.45) is 5.92 Å². The van der Waals surface area contributed by atoms with Crippen molar-refractivity contribution in [2.75, 3.05) is 26.2 Å². The van der Waals surface area contributed by atoms with Gasteiger partial charge < -0.3 is 9.47 Å². The van der Waals surface area contributed by atoms with Crippen LogP contribution in [0.5, 0.6) is 0 Å². The average molecular weight is 403 g/mol. The fraction of sp³-hybridized carbons (Fsp3) is 0.478. The van der Waals surface area contributed by atoms with Crippen LogP contribution < -0.4 is 5.56 Å². The minimum absolute atomic E-state index is 0.101. The van der Waals surface area contributed by atoms with Gasteiger partial charge in [0.25, 0.3) is 11.5 Å². The maximum Gasteiger partial charge on any atom is 0.272 e. The Bertz CT molecular complexity index is 1060. The molecule has 1 amide bonds. The monoisotopic (exact) mass is 403 g/mol. The fourth-order valence-electron chi connectivity index (χ4n) is 5.21. The standard InChI is InChI=1S/C23H25N5O2/c24-10-16-3-5-20(25-11-16)23(30)27-12-17-9-19(15-27)21-6-4-18(22(29)28(21)13-17)14-26-7-1-2-8-26/h3-6,11,17,19H,1-2,7-9,12-15H2/t17-,19+/m0/s1. The molecule has 2 saturated heterocycles. The van der Waals surface area contributed by atoms with E-state index in [1.807, 2.05) is 21.6 Å². The summed E-state index contributed by atoms with van der Waals surface area (Å²) >= 11 is 0. The minimum Gasteiger partial charge on any atom is -0.336 e. The molecule has 7 heteroatoms. The van der Waals surface area contributed by atoms with Crippen molar-refractivity contribution in [2.45, 2.75) is 38.3 Å². The number of aromatic nitrogens is 2. The second-order valence-corrected chi connectivity index (χ2v) is 8.74. The normalized spacial score (nSPS) is 23.1. The van der Waals surface area contributed by atoms with E-state index in [2.05, 4.69) is 16.0 Å². The molecular formula is C23H25N5O2. The van der Waals surface area contributed by atoms with Gasteiger partial charge in [0.15, 0.2) is 0 Å². The third-order valence-corrected chi connectivity index (χ3v) is 6.67. The zero-order valence-electron chi connectivity index (χ0n) is 17.0. The summed E-state index contributed by atoms with van der Waals surface area (Å²) in [5.74, 6) is 0.349. The third-order valence-electron chi connectivity index (χ3n) is 6.67. The van der Waals surface area contributed by atoms with Crippen molar-refractivity contribution in [1.82, 2.24) is 19.4 Å². The van der Waals surface area contributed by atoms with Crippen molar-refractivity contribution in [3.8, 4) is 6.07 Å². The van der Waals surface area contributed by atoms with Gasteiger partial charge in [0.2, 0.25) is 0 Å². The van der Waals surface area contributed by atoms with E-state index in [0.717, 1.165) is 37.3 Å². The van der Waals surface area contributed by atoms with Crippen LogP contribution in [-0.4, -0.2) is 51.4 Å². The number of likely N-dealkylation sites (tertiary alicyclic amines) is 2. The summed E-state index contributed by atoms with van der Waals surface area (Å²) in [6, 6.07) is 9.37. The molecule has 0 N–H and O–H groups in total. The maximum absolute atomic E-state index is 13.1. The van der Waals surface area contributed by atoms with Crippen molar-refractivity contribution in [3.05, 3.63) is 63.3 Å². The Kier molecular flexibility index (Phi) is 4.87. The molecule has 0 saturated carbocycles. The van der Waals surface area contributed by atoms with Crippen molar-refractivity contribution >= 4 is 5.91 Å². The first kappa shape index (κ1) is 19.0.